The Bertz CT molecular complexity index is 304. The third kappa shape index (κ3) is 1.02. The van der Waals surface area contributed by atoms with Crippen LogP contribution in [0.3, 0.4) is 0 Å². The van der Waals surface area contributed by atoms with Gasteiger partial charge < -0.3 is 5.11 Å². The second-order valence-corrected chi connectivity index (χ2v) is 5.86. The number of aliphatic hydroxyl groups is 1. The van der Waals surface area contributed by atoms with E-state index in [4.69, 9.17) is 0 Å². The minimum atomic E-state index is -3.05. The van der Waals surface area contributed by atoms with Crippen LogP contribution < -0.4 is 0 Å². The zero-order valence-corrected chi connectivity index (χ0v) is 7.50. The summed E-state index contributed by atoms with van der Waals surface area (Å²) in [5.74, 6) is 0. The lowest BCUT2D eigenvalue weighted by atomic mass is 10.0. The van der Waals surface area contributed by atoms with Gasteiger partial charge in [-0.05, 0) is 19.3 Å². The second kappa shape index (κ2) is 2.57. The van der Waals surface area contributed by atoms with Gasteiger partial charge in [-0.3, -0.25) is 0 Å². The van der Waals surface area contributed by atoms with Gasteiger partial charge in [-0.1, -0.05) is 12.2 Å². The molecule has 2 aliphatic heterocycles. The average molecular weight is 188 g/mol. The Labute approximate surface area is 72.0 Å². The van der Waals surface area contributed by atoms with Crippen molar-refractivity contribution < 1.29 is 13.5 Å². The van der Waals surface area contributed by atoms with E-state index in [9.17, 15) is 13.5 Å². The van der Waals surface area contributed by atoms with Gasteiger partial charge in [-0.2, -0.15) is 0 Å². The molecular weight excluding hydrogens is 176 g/mol. The van der Waals surface area contributed by atoms with E-state index in [1.165, 1.54) is 0 Å². The highest BCUT2D eigenvalue weighted by molar-refractivity contribution is 7.93. The molecule has 0 spiro atoms. The second-order valence-electron chi connectivity index (χ2n) is 3.47. The van der Waals surface area contributed by atoms with Gasteiger partial charge in [0, 0.05) is 0 Å². The average Bonchev–Trinajstić information content (AvgIpc) is 1.95. The summed E-state index contributed by atoms with van der Waals surface area (Å²) in [6.07, 6.45) is 4.68. The van der Waals surface area contributed by atoms with Crippen LogP contribution in [-0.4, -0.2) is 30.1 Å². The maximum absolute atomic E-state index is 11.6. The first-order chi connectivity index (χ1) is 5.62. The summed E-state index contributed by atoms with van der Waals surface area (Å²) in [7, 11) is -3.05. The lowest BCUT2D eigenvalue weighted by Crippen LogP contribution is -2.46. The standard InChI is InChI=1S/C8H12O3S/c9-7-5-4-6-2-1-3-8(7)12(6,10)11/h1-2,6-9H,3-5H2/t6-,7-,8-/m0/s1. The van der Waals surface area contributed by atoms with E-state index in [0.717, 1.165) is 0 Å². The van der Waals surface area contributed by atoms with Crippen LogP contribution in [0.25, 0.3) is 0 Å². The van der Waals surface area contributed by atoms with Crippen LogP contribution in [0.1, 0.15) is 19.3 Å². The highest BCUT2D eigenvalue weighted by atomic mass is 32.2. The first kappa shape index (κ1) is 8.26. The summed E-state index contributed by atoms with van der Waals surface area (Å²) in [4.78, 5) is 0. The molecule has 2 aliphatic rings. The quantitative estimate of drug-likeness (QED) is 0.554. The predicted octanol–water partition coefficient (Wildman–Crippen LogP) is 0.253. The van der Waals surface area contributed by atoms with Crippen LogP contribution in [0, 0.1) is 0 Å². The zero-order valence-electron chi connectivity index (χ0n) is 6.68. The van der Waals surface area contributed by atoms with Gasteiger partial charge in [0.25, 0.3) is 0 Å². The summed E-state index contributed by atoms with van der Waals surface area (Å²) < 4.78 is 23.2. The highest BCUT2D eigenvalue weighted by Gasteiger charge is 2.42. The summed E-state index contributed by atoms with van der Waals surface area (Å²) in [6, 6.07) is 0. The molecule has 3 nitrogen and oxygen atoms in total. The summed E-state index contributed by atoms with van der Waals surface area (Å²) in [6.45, 7) is 0. The van der Waals surface area contributed by atoms with Crippen molar-refractivity contribution in [3.05, 3.63) is 12.2 Å². The molecule has 0 amide bonds. The molecule has 0 saturated carbocycles. The van der Waals surface area contributed by atoms with E-state index in [1.807, 2.05) is 6.08 Å². The fraction of sp³-hybridized carbons (Fsp3) is 0.750. The van der Waals surface area contributed by atoms with Gasteiger partial charge in [-0.25, -0.2) is 8.42 Å². The Morgan fingerprint density at radius 2 is 2.08 bits per heavy atom. The van der Waals surface area contributed by atoms with Gasteiger partial charge in [0.1, 0.15) is 0 Å². The van der Waals surface area contributed by atoms with Crippen LogP contribution >= 0.6 is 0 Å². The zero-order chi connectivity index (χ0) is 8.77. The SMILES string of the molecule is O=S1(=O)[C@H]2C=CC[C@H]1[C@@H](O)CC2. The molecule has 4 heteroatoms. The Morgan fingerprint density at radius 3 is 2.75 bits per heavy atom. The van der Waals surface area contributed by atoms with Crippen LogP contribution in [-0.2, 0) is 9.84 Å². The first-order valence-electron chi connectivity index (χ1n) is 4.20. The molecule has 2 bridgehead atoms. The molecule has 0 aromatic rings. The Balaban J connectivity index is 2.44. The molecule has 1 saturated heterocycles. The normalized spacial score (nSPS) is 44.2. The van der Waals surface area contributed by atoms with E-state index in [0.29, 0.717) is 19.3 Å². The van der Waals surface area contributed by atoms with Crippen molar-refractivity contribution in [2.75, 3.05) is 0 Å². The number of aliphatic hydroxyl groups excluding tert-OH is 1. The lowest BCUT2D eigenvalue weighted by molar-refractivity contribution is 0.147. The topological polar surface area (TPSA) is 54.4 Å². The summed E-state index contributed by atoms with van der Waals surface area (Å²) in [5, 5.41) is 8.60. The maximum atomic E-state index is 11.6. The van der Waals surface area contributed by atoms with E-state index in [-0.39, 0.29) is 5.25 Å². The molecule has 2 heterocycles. The largest absolute Gasteiger partial charge is 0.392 e. The van der Waals surface area contributed by atoms with Crippen molar-refractivity contribution in [2.24, 2.45) is 0 Å². The monoisotopic (exact) mass is 188 g/mol. The van der Waals surface area contributed by atoms with Gasteiger partial charge >= 0.3 is 0 Å². The number of hydrogen-bond acceptors (Lipinski definition) is 3. The highest BCUT2D eigenvalue weighted by Crippen LogP contribution is 2.32. The predicted molar refractivity (Wildman–Crippen MR) is 45.5 cm³/mol. The molecule has 68 valence electrons. The number of fused-ring (bicyclic) bond motifs is 2. The van der Waals surface area contributed by atoms with E-state index in [2.05, 4.69) is 0 Å². The smallest absolute Gasteiger partial charge is 0.162 e. The number of allylic oxidation sites excluding steroid dienone is 1. The van der Waals surface area contributed by atoms with Gasteiger partial charge in [-0.15, -0.1) is 0 Å². The molecule has 0 aromatic carbocycles. The molecule has 2 rings (SSSR count). The van der Waals surface area contributed by atoms with Crippen LogP contribution in [0.15, 0.2) is 12.2 Å². The molecular formula is C8H12O3S. The summed E-state index contributed by atoms with van der Waals surface area (Å²) in [5.41, 5.74) is 0. The van der Waals surface area contributed by atoms with Crippen molar-refractivity contribution in [1.29, 1.82) is 0 Å². The van der Waals surface area contributed by atoms with Crippen molar-refractivity contribution in [3.8, 4) is 0 Å². The fourth-order valence-corrected chi connectivity index (χ4v) is 4.19. The third-order valence-electron chi connectivity index (χ3n) is 2.74. The number of sulfone groups is 1. The molecule has 0 radical (unpaired) electrons. The first-order valence-corrected chi connectivity index (χ1v) is 5.81. The lowest BCUT2D eigenvalue weighted by Gasteiger charge is -2.34. The minimum absolute atomic E-state index is 0.320. The number of rotatable bonds is 0. The molecule has 0 aliphatic carbocycles. The number of hydrogen-bond donors (Lipinski definition) is 1. The van der Waals surface area contributed by atoms with E-state index < -0.39 is 21.2 Å². The van der Waals surface area contributed by atoms with Crippen molar-refractivity contribution >= 4 is 9.84 Å². The van der Waals surface area contributed by atoms with Crippen LogP contribution in [0.5, 0.6) is 0 Å². The van der Waals surface area contributed by atoms with E-state index >= 15 is 0 Å². The minimum Gasteiger partial charge on any atom is -0.392 e. The maximum Gasteiger partial charge on any atom is 0.162 e. The van der Waals surface area contributed by atoms with Crippen molar-refractivity contribution in [3.63, 3.8) is 0 Å². The van der Waals surface area contributed by atoms with Gasteiger partial charge in [0.15, 0.2) is 9.84 Å². The molecule has 12 heavy (non-hydrogen) atoms. The van der Waals surface area contributed by atoms with E-state index in [1.54, 1.807) is 6.08 Å². The summed E-state index contributed by atoms with van der Waals surface area (Å²) >= 11 is 0. The molecule has 1 fully saturated rings. The Hall–Kier alpha value is -0.350. The van der Waals surface area contributed by atoms with Crippen LogP contribution in [0.2, 0.25) is 0 Å². The fourth-order valence-electron chi connectivity index (χ4n) is 1.99. The van der Waals surface area contributed by atoms with Gasteiger partial charge in [0.2, 0.25) is 0 Å². The molecule has 1 N–H and O–H groups in total. The van der Waals surface area contributed by atoms with Gasteiger partial charge in [0.05, 0.1) is 16.6 Å². The Morgan fingerprint density at radius 1 is 1.33 bits per heavy atom. The molecule has 3 atom stereocenters. The van der Waals surface area contributed by atoms with Crippen molar-refractivity contribution in [1.82, 2.24) is 0 Å². The molecule has 0 unspecified atom stereocenters. The van der Waals surface area contributed by atoms with Crippen molar-refractivity contribution in [2.45, 2.75) is 35.9 Å². The third-order valence-corrected chi connectivity index (χ3v) is 5.33. The Kier molecular flexibility index (Phi) is 1.77. The molecule has 0 aromatic heterocycles. The van der Waals surface area contributed by atoms with Crippen LogP contribution in [0.4, 0.5) is 0 Å².